The summed E-state index contributed by atoms with van der Waals surface area (Å²) in [5.74, 6) is -0.724. The number of anilines is 1. The number of amides is 2. The number of carbonyl (C=O) groups is 2. The molecule has 2 amide bonds. The Labute approximate surface area is 182 Å². The van der Waals surface area contributed by atoms with E-state index in [0.29, 0.717) is 5.69 Å². The maximum Gasteiger partial charge on any atom is 0.247 e. The predicted octanol–water partition coefficient (Wildman–Crippen LogP) is 3.57. The first-order valence-electron chi connectivity index (χ1n) is 10.0. The normalized spacial score (nSPS) is 12.5. The molecule has 0 spiro atoms. The molecule has 3 aromatic rings. The van der Waals surface area contributed by atoms with Gasteiger partial charge in [-0.15, -0.1) is 0 Å². The molecule has 1 atom stereocenters. The van der Waals surface area contributed by atoms with Gasteiger partial charge < -0.3 is 10.6 Å². The molecule has 0 fully saturated rings. The minimum Gasteiger partial charge on any atom is -0.344 e. The van der Waals surface area contributed by atoms with Gasteiger partial charge in [0.15, 0.2) is 9.84 Å². The van der Waals surface area contributed by atoms with Crippen molar-refractivity contribution in [3.63, 3.8) is 0 Å². The summed E-state index contributed by atoms with van der Waals surface area (Å²) in [6, 6.07) is 18.9. The zero-order valence-corrected chi connectivity index (χ0v) is 18.6. The summed E-state index contributed by atoms with van der Waals surface area (Å²) >= 11 is 0. The monoisotopic (exact) mass is 438 g/mol. The zero-order chi connectivity index (χ0) is 22.6. The maximum atomic E-state index is 12.8. The topological polar surface area (TPSA) is 92.3 Å². The molecule has 6 nitrogen and oxygen atoms in total. The minimum absolute atomic E-state index is 0.133. The number of hydrogen-bond acceptors (Lipinski definition) is 4. The third-order valence-corrected chi connectivity index (χ3v) is 6.18. The number of benzene rings is 3. The standard InChI is InChI=1S/C24H26N2O4S/c1-16(2)23(24(28)25-19-11-13-20(14-12-19)31(3,29)30)26-22(27)15-18-9-6-8-17-7-4-5-10-21(17)18/h4-14,16,23H,15H2,1-3H3,(H,25,28)(H,26,27)/t23-/m1/s1. The third kappa shape index (κ3) is 5.70. The van der Waals surface area contributed by atoms with E-state index in [4.69, 9.17) is 0 Å². The Bertz CT molecular complexity index is 1200. The van der Waals surface area contributed by atoms with Gasteiger partial charge in [-0.05, 0) is 46.5 Å². The number of fused-ring (bicyclic) bond motifs is 1. The van der Waals surface area contributed by atoms with Crippen molar-refractivity contribution in [3.05, 3.63) is 72.3 Å². The molecule has 0 heterocycles. The molecule has 3 aromatic carbocycles. The van der Waals surface area contributed by atoms with Crippen LogP contribution in [0.25, 0.3) is 10.8 Å². The van der Waals surface area contributed by atoms with Gasteiger partial charge in [0.25, 0.3) is 0 Å². The Morgan fingerprint density at radius 3 is 2.19 bits per heavy atom. The highest BCUT2D eigenvalue weighted by Gasteiger charge is 2.24. The van der Waals surface area contributed by atoms with Crippen molar-refractivity contribution >= 4 is 38.1 Å². The maximum absolute atomic E-state index is 12.8. The average Bonchev–Trinajstić information content (AvgIpc) is 2.72. The van der Waals surface area contributed by atoms with Crippen LogP contribution in [0.5, 0.6) is 0 Å². The Morgan fingerprint density at radius 2 is 1.55 bits per heavy atom. The summed E-state index contributed by atoms with van der Waals surface area (Å²) < 4.78 is 23.2. The molecule has 0 aliphatic carbocycles. The first-order chi connectivity index (χ1) is 14.6. The Balaban J connectivity index is 1.70. The minimum atomic E-state index is -3.31. The van der Waals surface area contributed by atoms with Gasteiger partial charge in [-0.1, -0.05) is 56.3 Å². The van der Waals surface area contributed by atoms with Crippen LogP contribution in [0.1, 0.15) is 19.4 Å². The molecule has 31 heavy (non-hydrogen) atoms. The van der Waals surface area contributed by atoms with Gasteiger partial charge in [-0.2, -0.15) is 0 Å². The van der Waals surface area contributed by atoms with Gasteiger partial charge in [0.2, 0.25) is 11.8 Å². The van der Waals surface area contributed by atoms with Crippen molar-refractivity contribution in [2.75, 3.05) is 11.6 Å². The Kier molecular flexibility index (Phi) is 6.75. The third-order valence-electron chi connectivity index (χ3n) is 5.05. The molecule has 0 radical (unpaired) electrons. The molecule has 3 rings (SSSR count). The second kappa shape index (κ2) is 9.31. The van der Waals surface area contributed by atoms with Crippen LogP contribution < -0.4 is 10.6 Å². The van der Waals surface area contributed by atoms with Crippen LogP contribution in [0, 0.1) is 5.92 Å². The summed E-state index contributed by atoms with van der Waals surface area (Å²) in [6.45, 7) is 3.71. The summed E-state index contributed by atoms with van der Waals surface area (Å²) in [4.78, 5) is 25.7. The summed E-state index contributed by atoms with van der Waals surface area (Å²) in [5, 5.41) is 7.66. The van der Waals surface area contributed by atoms with Crippen LogP contribution >= 0.6 is 0 Å². The molecule has 0 aliphatic heterocycles. The van der Waals surface area contributed by atoms with Crippen LogP contribution in [0.2, 0.25) is 0 Å². The number of hydrogen-bond donors (Lipinski definition) is 2. The predicted molar refractivity (Wildman–Crippen MR) is 123 cm³/mol. The van der Waals surface area contributed by atoms with E-state index in [2.05, 4.69) is 10.6 Å². The average molecular weight is 439 g/mol. The number of carbonyl (C=O) groups excluding carboxylic acids is 2. The first-order valence-corrected chi connectivity index (χ1v) is 11.9. The first kappa shape index (κ1) is 22.5. The number of nitrogens with one attached hydrogen (secondary N) is 2. The smallest absolute Gasteiger partial charge is 0.247 e. The fourth-order valence-electron chi connectivity index (χ4n) is 3.38. The molecule has 0 unspecified atom stereocenters. The van der Waals surface area contributed by atoms with E-state index in [0.717, 1.165) is 22.6 Å². The van der Waals surface area contributed by atoms with Gasteiger partial charge >= 0.3 is 0 Å². The fourth-order valence-corrected chi connectivity index (χ4v) is 4.01. The van der Waals surface area contributed by atoms with Gasteiger partial charge in [0, 0.05) is 11.9 Å². The van der Waals surface area contributed by atoms with Crippen LogP contribution in [0.15, 0.2) is 71.6 Å². The SMILES string of the molecule is CC(C)[C@@H](NC(=O)Cc1cccc2ccccc12)C(=O)Nc1ccc(S(C)(=O)=O)cc1. The van der Waals surface area contributed by atoms with Crippen molar-refractivity contribution < 1.29 is 18.0 Å². The van der Waals surface area contributed by atoms with Gasteiger partial charge in [0.1, 0.15) is 6.04 Å². The summed E-state index contributed by atoms with van der Waals surface area (Å²) in [7, 11) is -3.31. The highest BCUT2D eigenvalue weighted by atomic mass is 32.2. The molecule has 0 aliphatic rings. The number of sulfone groups is 1. The van der Waals surface area contributed by atoms with E-state index in [1.165, 1.54) is 24.3 Å². The zero-order valence-electron chi connectivity index (χ0n) is 17.8. The van der Waals surface area contributed by atoms with Crippen LogP contribution in [-0.2, 0) is 25.8 Å². The fraction of sp³-hybridized carbons (Fsp3) is 0.250. The highest BCUT2D eigenvalue weighted by molar-refractivity contribution is 7.90. The lowest BCUT2D eigenvalue weighted by molar-refractivity contribution is -0.127. The molecular weight excluding hydrogens is 412 g/mol. The second-order valence-corrected chi connectivity index (χ2v) is 9.91. The molecule has 0 saturated heterocycles. The lowest BCUT2D eigenvalue weighted by atomic mass is 10.00. The van der Waals surface area contributed by atoms with E-state index in [1.54, 1.807) is 0 Å². The van der Waals surface area contributed by atoms with Crippen LogP contribution in [-0.4, -0.2) is 32.5 Å². The quantitative estimate of drug-likeness (QED) is 0.590. The van der Waals surface area contributed by atoms with E-state index >= 15 is 0 Å². The summed E-state index contributed by atoms with van der Waals surface area (Å²) in [5.41, 5.74) is 1.36. The number of rotatable bonds is 7. The van der Waals surface area contributed by atoms with Crippen molar-refractivity contribution in [2.45, 2.75) is 31.2 Å². The highest BCUT2D eigenvalue weighted by Crippen LogP contribution is 2.19. The second-order valence-electron chi connectivity index (χ2n) is 7.89. The largest absolute Gasteiger partial charge is 0.344 e. The Morgan fingerprint density at radius 1 is 0.903 bits per heavy atom. The summed E-state index contributed by atoms with van der Waals surface area (Å²) in [6.07, 6.45) is 1.29. The lowest BCUT2D eigenvalue weighted by Gasteiger charge is -2.22. The van der Waals surface area contributed by atoms with E-state index in [9.17, 15) is 18.0 Å². The van der Waals surface area contributed by atoms with Crippen molar-refractivity contribution in [3.8, 4) is 0 Å². The van der Waals surface area contributed by atoms with Crippen molar-refractivity contribution in [1.29, 1.82) is 0 Å². The van der Waals surface area contributed by atoms with Gasteiger partial charge in [-0.3, -0.25) is 9.59 Å². The molecule has 0 bridgehead atoms. The Hall–Kier alpha value is -3.19. The van der Waals surface area contributed by atoms with Crippen LogP contribution in [0.4, 0.5) is 5.69 Å². The van der Waals surface area contributed by atoms with Crippen molar-refractivity contribution in [1.82, 2.24) is 5.32 Å². The molecular formula is C24H26N2O4S. The molecule has 162 valence electrons. The molecule has 0 saturated carbocycles. The molecule has 2 N–H and O–H groups in total. The van der Waals surface area contributed by atoms with E-state index < -0.39 is 15.9 Å². The van der Waals surface area contributed by atoms with E-state index in [1.807, 2.05) is 56.3 Å². The molecule has 0 aromatic heterocycles. The van der Waals surface area contributed by atoms with Gasteiger partial charge in [-0.25, -0.2) is 8.42 Å². The van der Waals surface area contributed by atoms with E-state index in [-0.39, 0.29) is 29.0 Å². The van der Waals surface area contributed by atoms with Crippen LogP contribution in [0.3, 0.4) is 0 Å². The lowest BCUT2D eigenvalue weighted by Crippen LogP contribution is -2.47. The molecule has 7 heteroatoms. The van der Waals surface area contributed by atoms with Gasteiger partial charge in [0.05, 0.1) is 11.3 Å². The van der Waals surface area contributed by atoms with Crippen molar-refractivity contribution in [2.24, 2.45) is 5.92 Å².